The first-order chi connectivity index (χ1) is 9.13. The van der Waals surface area contributed by atoms with Gasteiger partial charge in [0.1, 0.15) is 11.6 Å². The molecule has 1 aliphatic heterocycles. The van der Waals surface area contributed by atoms with Crippen LogP contribution in [0, 0.1) is 17.6 Å². The molecule has 1 N–H and O–H groups in total. The molecule has 1 saturated carbocycles. The standard InChI is InChI=1S/C14H16F2N2O/c15-10-4-5-11(16)12(6-10)17-14(19)8-18-7-9-2-1-3-13(9)18/h4-6,9,13H,1-3,7-8H2,(H,17,19)/t9-,13-/m1/s1. The van der Waals surface area contributed by atoms with Crippen molar-refractivity contribution in [1.82, 2.24) is 4.90 Å². The third-order valence-corrected chi connectivity index (χ3v) is 4.11. The van der Waals surface area contributed by atoms with Crippen molar-refractivity contribution in [2.45, 2.75) is 25.3 Å². The van der Waals surface area contributed by atoms with E-state index in [1.807, 2.05) is 0 Å². The molecule has 0 spiro atoms. The fourth-order valence-electron chi connectivity index (χ4n) is 3.16. The Morgan fingerprint density at radius 3 is 3.00 bits per heavy atom. The highest BCUT2D eigenvalue weighted by Gasteiger charge is 2.42. The number of anilines is 1. The van der Waals surface area contributed by atoms with Gasteiger partial charge in [0.25, 0.3) is 0 Å². The fraction of sp³-hybridized carbons (Fsp3) is 0.500. The summed E-state index contributed by atoms with van der Waals surface area (Å²) in [5, 5.41) is 2.43. The second-order valence-corrected chi connectivity index (χ2v) is 5.36. The molecule has 2 aliphatic rings. The lowest BCUT2D eigenvalue weighted by atomic mass is 9.92. The maximum absolute atomic E-state index is 13.4. The number of amides is 1. The van der Waals surface area contributed by atoms with Gasteiger partial charge in [0, 0.05) is 18.7 Å². The van der Waals surface area contributed by atoms with Gasteiger partial charge >= 0.3 is 0 Å². The number of rotatable bonds is 3. The average Bonchev–Trinajstić information content (AvgIpc) is 2.72. The van der Waals surface area contributed by atoms with Crippen LogP contribution in [0.3, 0.4) is 0 Å². The maximum Gasteiger partial charge on any atom is 0.238 e. The van der Waals surface area contributed by atoms with Crippen molar-refractivity contribution in [3.8, 4) is 0 Å². The normalized spacial score (nSPS) is 25.8. The summed E-state index contributed by atoms with van der Waals surface area (Å²) < 4.78 is 26.4. The van der Waals surface area contributed by atoms with Crippen molar-refractivity contribution in [3.05, 3.63) is 29.8 Å². The third kappa shape index (κ3) is 2.47. The number of hydrogen-bond acceptors (Lipinski definition) is 2. The lowest BCUT2D eigenvalue weighted by Crippen LogP contribution is -2.55. The van der Waals surface area contributed by atoms with Gasteiger partial charge in [-0.25, -0.2) is 8.78 Å². The van der Waals surface area contributed by atoms with Crippen LogP contribution in [0.25, 0.3) is 0 Å². The highest BCUT2D eigenvalue weighted by molar-refractivity contribution is 5.92. The first-order valence-electron chi connectivity index (χ1n) is 6.62. The lowest BCUT2D eigenvalue weighted by Gasteiger charge is -2.44. The molecular formula is C14H16F2N2O. The summed E-state index contributed by atoms with van der Waals surface area (Å²) in [5.74, 6) is -0.720. The Labute approximate surface area is 110 Å². The Morgan fingerprint density at radius 2 is 2.21 bits per heavy atom. The number of likely N-dealkylation sites (tertiary alicyclic amines) is 1. The van der Waals surface area contributed by atoms with E-state index in [1.165, 1.54) is 12.8 Å². The first kappa shape index (κ1) is 12.5. The maximum atomic E-state index is 13.4. The number of halogens is 2. The van der Waals surface area contributed by atoms with E-state index >= 15 is 0 Å². The minimum atomic E-state index is -0.614. The largest absolute Gasteiger partial charge is 0.322 e. The molecule has 102 valence electrons. The highest BCUT2D eigenvalue weighted by Crippen LogP contribution is 2.38. The summed E-state index contributed by atoms with van der Waals surface area (Å²) in [5.41, 5.74) is -0.0894. The zero-order valence-electron chi connectivity index (χ0n) is 10.5. The number of benzene rings is 1. The minimum absolute atomic E-state index is 0.0894. The second kappa shape index (κ2) is 4.89. The number of hydrogen-bond donors (Lipinski definition) is 1. The van der Waals surface area contributed by atoms with E-state index < -0.39 is 11.6 Å². The topological polar surface area (TPSA) is 32.3 Å². The van der Waals surface area contributed by atoms with Crippen LogP contribution in [0.15, 0.2) is 18.2 Å². The molecule has 1 aromatic carbocycles. The molecule has 1 heterocycles. The first-order valence-corrected chi connectivity index (χ1v) is 6.62. The van der Waals surface area contributed by atoms with E-state index in [9.17, 15) is 13.6 Å². The fourth-order valence-corrected chi connectivity index (χ4v) is 3.16. The predicted octanol–water partition coefficient (Wildman–Crippen LogP) is 2.39. The van der Waals surface area contributed by atoms with Gasteiger partial charge in [0.05, 0.1) is 12.2 Å². The minimum Gasteiger partial charge on any atom is -0.322 e. The van der Waals surface area contributed by atoms with Crippen molar-refractivity contribution in [3.63, 3.8) is 0 Å². The molecule has 1 amide bonds. The number of fused-ring (bicyclic) bond motifs is 1. The zero-order chi connectivity index (χ0) is 13.4. The van der Waals surface area contributed by atoms with Crippen molar-refractivity contribution >= 4 is 11.6 Å². The van der Waals surface area contributed by atoms with Crippen LogP contribution in [-0.2, 0) is 4.79 Å². The van der Waals surface area contributed by atoms with E-state index in [2.05, 4.69) is 10.2 Å². The quantitative estimate of drug-likeness (QED) is 0.911. The van der Waals surface area contributed by atoms with E-state index in [4.69, 9.17) is 0 Å². The molecule has 1 saturated heterocycles. The van der Waals surface area contributed by atoms with Gasteiger partial charge in [-0.05, 0) is 30.9 Å². The Hall–Kier alpha value is -1.49. The molecule has 19 heavy (non-hydrogen) atoms. The summed E-state index contributed by atoms with van der Waals surface area (Å²) in [6, 6.07) is 3.57. The van der Waals surface area contributed by atoms with Crippen LogP contribution < -0.4 is 5.32 Å². The van der Waals surface area contributed by atoms with Crippen molar-refractivity contribution < 1.29 is 13.6 Å². The molecule has 0 radical (unpaired) electrons. The molecule has 1 aliphatic carbocycles. The van der Waals surface area contributed by atoms with Crippen molar-refractivity contribution in [2.24, 2.45) is 5.92 Å². The van der Waals surface area contributed by atoms with Crippen LogP contribution in [0.4, 0.5) is 14.5 Å². The summed E-state index contributed by atoms with van der Waals surface area (Å²) in [6.45, 7) is 1.21. The Balaban J connectivity index is 1.58. The van der Waals surface area contributed by atoms with Crippen LogP contribution in [0.5, 0.6) is 0 Å². The van der Waals surface area contributed by atoms with E-state index in [0.29, 0.717) is 6.04 Å². The monoisotopic (exact) mass is 266 g/mol. The Bertz CT molecular complexity index is 506. The number of carbonyl (C=O) groups is 1. The highest BCUT2D eigenvalue weighted by atomic mass is 19.1. The average molecular weight is 266 g/mol. The molecule has 0 aromatic heterocycles. The Morgan fingerprint density at radius 1 is 1.37 bits per heavy atom. The predicted molar refractivity (Wildman–Crippen MR) is 67.7 cm³/mol. The van der Waals surface area contributed by atoms with Crippen LogP contribution >= 0.6 is 0 Å². The molecule has 3 nitrogen and oxygen atoms in total. The van der Waals surface area contributed by atoms with Gasteiger partial charge in [0.2, 0.25) is 5.91 Å². The molecule has 1 aromatic rings. The van der Waals surface area contributed by atoms with Crippen LogP contribution in [0.2, 0.25) is 0 Å². The SMILES string of the molecule is O=C(CN1C[C@H]2CCC[C@H]21)Nc1cc(F)ccc1F. The lowest BCUT2D eigenvalue weighted by molar-refractivity contribution is -0.120. The smallest absolute Gasteiger partial charge is 0.238 e. The Kier molecular flexibility index (Phi) is 3.22. The van der Waals surface area contributed by atoms with Crippen molar-refractivity contribution in [1.29, 1.82) is 0 Å². The molecule has 3 rings (SSSR count). The molecule has 0 unspecified atom stereocenters. The molecule has 5 heteroatoms. The molecule has 0 bridgehead atoms. The molecular weight excluding hydrogens is 250 g/mol. The third-order valence-electron chi connectivity index (χ3n) is 4.11. The second-order valence-electron chi connectivity index (χ2n) is 5.36. The van der Waals surface area contributed by atoms with Crippen LogP contribution in [0.1, 0.15) is 19.3 Å². The van der Waals surface area contributed by atoms with Crippen molar-refractivity contribution in [2.75, 3.05) is 18.4 Å². The van der Waals surface area contributed by atoms with E-state index in [-0.39, 0.29) is 18.1 Å². The van der Waals surface area contributed by atoms with Gasteiger partial charge in [-0.1, -0.05) is 6.42 Å². The summed E-state index contributed by atoms with van der Waals surface area (Å²) >= 11 is 0. The summed E-state index contributed by atoms with van der Waals surface area (Å²) in [7, 11) is 0. The summed E-state index contributed by atoms with van der Waals surface area (Å²) in [4.78, 5) is 13.9. The number of nitrogens with zero attached hydrogens (tertiary/aromatic N) is 1. The van der Waals surface area contributed by atoms with Gasteiger partial charge in [-0.2, -0.15) is 0 Å². The number of carbonyl (C=O) groups excluding carboxylic acids is 1. The zero-order valence-corrected chi connectivity index (χ0v) is 10.5. The molecule has 2 fully saturated rings. The van der Waals surface area contributed by atoms with Gasteiger partial charge in [-0.15, -0.1) is 0 Å². The van der Waals surface area contributed by atoms with E-state index in [0.717, 1.165) is 37.1 Å². The number of nitrogens with one attached hydrogen (secondary N) is 1. The van der Waals surface area contributed by atoms with Gasteiger partial charge in [0.15, 0.2) is 0 Å². The van der Waals surface area contributed by atoms with Gasteiger partial charge < -0.3 is 5.32 Å². The van der Waals surface area contributed by atoms with E-state index in [1.54, 1.807) is 0 Å². The van der Waals surface area contributed by atoms with Crippen LogP contribution in [-0.4, -0.2) is 29.9 Å². The van der Waals surface area contributed by atoms with Gasteiger partial charge in [-0.3, -0.25) is 9.69 Å². The summed E-state index contributed by atoms with van der Waals surface area (Å²) in [6.07, 6.45) is 3.62. The molecule has 2 atom stereocenters.